The lowest BCUT2D eigenvalue weighted by Gasteiger charge is -2.34. The van der Waals surface area contributed by atoms with Crippen LogP contribution in [0.15, 0.2) is 24.3 Å². The van der Waals surface area contributed by atoms with E-state index < -0.39 is 0 Å². The summed E-state index contributed by atoms with van der Waals surface area (Å²) in [6, 6.07) is 8.61. The Bertz CT molecular complexity index is 691. The van der Waals surface area contributed by atoms with Gasteiger partial charge in [-0.3, -0.25) is 14.6 Å². The van der Waals surface area contributed by atoms with E-state index in [9.17, 15) is 4.79 Å². The van der Waals surface area contributed by atoms with Crippen molar-refractivity contribution in [3.8, 4) is 0 Å². The predicted molar refractivity (Wildman–Crippen MR) is 113 cm³/mol. The van der Waals surface area contributed by atoms with E-state index in [4.69, 9.17) is 4.98 Å². The van der Waals surface area contributed by atoms with E-state index in [1.54, 1.807) is 11.3 Å². The summed E-state index contributed by atoms with van der Waals surface area (Å²) in [5.74, 6) is 0.165. The third-order valence-electron chi connectivity index (χ3n) is 5.18. The Morgan fingerprint density at radius 3 is 2.67 bits per heavy atom. The average molecular weight is 389 g/mol. The minimum atomic E-state index is 0.165. The van der Waals surface area contributed by atoms with Crippen molar-refractivity contribution in [1.29, 1.82) is 0 Å². The molecule has 3 rings (SSSR count). The third kappa shape index (κ3) is 6.26. The van der Waals surface area contributed by atoms with Crippen LogP contribution in [0.4, 0.5) is 0 Å². The first-order valence-corrected chi connectivity index (χ1v) is 11.0. The number of thiazole rings is 1. The molecule has 2 aromatic rings. The lowest BCUT2D eigenvalue weighted by molar-refractivity contribution is -0.123. The first-order chi connectivity index (χ1) is 13.1. The van der Waals surface area contributed by atoms with Crippen LogP contribution in [0.25, 0.3) is 10.2 Å². The minimum Gasteiger partial charge on any atom is -0.353 e. The number of nitrogens with one attached hydrogen (secondary N) is 1. The molecule has 0 radical (unpaired) electrons. The molecule has 1 atom stereocenters. The van der Waals surface area contributed by atoms with Crippen LogP contribution in [-0.4, -0.2) is 59.5 Å². The number of nitrogens with zero attached hydrogens (tertiary/aromatic N) is 3. The van der Waals surface area contributed by atoms with Crippen molar-refractivity contribution in [2.45, 2.75) is 52.1 Å². The van der Waals surface area contributed by atoms with Crippen molar-refractivity contribution in [2.75, 3.05) is 32.7 Å². The van der Waals surface area contributed by atoms with Crippen LogP contribution in [0.1, 0.15) is 44.5 Å². The SMILES string of the molecule is CCCCC[C@H](C)NC(=O)CN1CCN(Cc2nc3ccccc3s2)CC1. The zero-order valence-electron chi connectivity index (χ0n) is 16.6. The highest BCUT2D eigenvalue weighted by Gasteiger charge is 2.20. The number of carbonyl (C=O) groups excluding carboxylic acids is 1. The van der Waals surface area contributed by atoms with Crippen molar-refractivity contribution in [3.05, 3.63) is 29.3 Å². The molecule has 0 unspecified atom stereocenters. The fraction of sp³-hybridized carbons (Fsp3) is 0.619. The fourth-order valence-electron chi connectivity index (χ4n) is 3.58. The van der Waals surface area contributed by atoms with Gasteiger partial charge in [0.15, 0.2) is 0 Å². The Morgan fingerprint density at radius 1 is 1.19 bits per heavy atom. The van der Waals surface area contributed by atoms with Gasteiger partial charge in [0, 0.05) is 32.2 Å². The lowest BCUT2D eigenvalue weighted by Crippen LogP contribution is -2.49. The van der Waals surface area contributed by atoms with Crippen LogP contribution in [-0.2, 0) is 11.3 Å². The van der Waals surface area contributed by atoms with Gasteiger partial charge in [-0.25, -0.2) is 4.98 Å². The molecule has 6 heteroatoms. The number of rotatable bonds is 9. The normalized spacial score (nSPS) is 17.3. The van der Waals surface area contributed by atoms with Gasteiger partial charge in [-0.15, -0.1) is 11.3 Å². The molecule has 0 aliphatic carbocycles. The molecular formula is C21H32N4OS. The number of hydrogen-bond donors (Lipinski definition) is 1. The van der Waals surface area contributed by atoms with E-state index in [1.807, 2.05) is 6.07 Å². The van der Waals surface area contributed by atoms with Crippen molar-refractivity contribution in [3.63, 3.8) is 0 Å². The molecule has 5 nitrogen and oxygen atoms in total. The number of fused-ring (bicyclic) bond motifs is 1. The third-order valence-corrected chi connectivity index (χ3v) is 6.20. The minimum absolute atomic E-state index is 0.165. The molecule has 1 fully saturated rings. The van der Waals surface area contributed by atoms with E-state index in [0.29, 0.717) is 6.54 Å². The Hall–Kier alpha value is -1.50. The molecule has 1 aromatic carbocycles. The van der Waals surface area contributed by atoms with Gasteiger partial charge >= 0.3 is 0 Å². The van der Waals surface area contributed by atoms with Crippen LogP contribution in [0.3, 0.4) is 0 Å². The summed E-state index contributed by atoms with van der Waals surface area (Å²) in [6.07, 6.45) is 4.75. The zero-order chi connectivity index (χ0) is 19.1. The van der Waals surface area contributed by atoms with Crippen LogP contribution >= 0.6 is 11.3 Å². The maximum atomic E-state index is 12.3. The number of piperazine rings is 1. The number of aromatic nitrogens is 1. The number of unbranched alkanes of at least 4 members (excludes halogenated alkanes) is 2. The molecule has 1 saturated heterocycles. The molecule has 0 spiro atoms. The topological polar surface area (TPSA) is 48.5 Å². The van der Waals surface area contributed by atoms with Crippen molar-refractivity contribution in [1.82, 2.24) is 20.1 Å². The first-order valence-electron chi connectivity index (χ1n) is 10.2. The smallest absolute Gasteiger partial charge is 0.234 e. The van der Waals surface area contributed by atoms with Crippen LogP contribution in [0.5, 0.6) is 0 Å². The van der Waals surface area contributed by atoms with Crippen LogP contribution in [0.2, 0.25) is 0 Å². The summed E-state index contributed by atoms with van der Waals surface area (Å²) in [6.45, 7) is 9.64. The summed E-state index contributed by atoms with van der Waals surface area (Å²) < 4.78 is 1.26. The van der Waals surface area contributed by atoms with E-state index in [1.165, 1.54) is 29.0 Å². The van der Waals surface area contributed by atoms with Gasteiger partial charge in [0.05, 0.1) is 23.3 Å². The molecule has 1 aliphatic rings. The van der Waals surface area contributed by atoms with E-state index in [2.05, 4.69) is 47.2 Å². The summed E-state index contributed by atoms with van der Waals surface area (Å²) >= 11 is 1.79. The lowest BCUT2D eigenvalue weighted by atomic mass is 10.1. The first kappa shape index (κ1) is 20.2. The van der Waals surface area contributed by atoms with Gasteiger partial charge in [-0.1, -0.05) is 38.3 Å². The van der Waals surface area contributed by atoms with Gasteiger partial charge in [-0.05, 0) is 25.5 Å². The number of hydrogen-bond acceptors (Lipinski definition) is 5. The molecule has 1 aliphatic heterocycles. The fourth-order valence-corrected chi connectivity index (χ4v) is 4.59. The monoisotopic (exact) mass is 388 g/mol. The highest BCUT2D eigenvalue weighted by Crippen LogP contribution is 2.22. The Labute approximate surface area is 166 Å². The number of amides is 1. The second-order valence-electron chi connectivity index (χ2n) is 7.59. The molecule has 1 aromatic heterocycles. The Balaban J connectivity index is 1.37. The molecule has 0 saturated carbocycles. The largest absolute Gasteiger partial charge is 0.353 e. The van der Waals surface area contributed by atoms with Gasteiger partial charge in [0.25, 0.3) is 0 Å². The standard InChI is InChI=1S/C21H32N4OS/c1-3-4-5-8-17(2)22-20(26)15-24-11-13-25(14-12-24)16-21-23-18-9-6-7-10-19(18)27-21/h6-7,9-10,17H,3-5,8,11-16H2,1-2H3,(H,22,26)/t17-/m0/s1. The Morgan fingerprint density at radius 2 is 1.93 bits per heavy atom. The maximum Gasteiger partial charge on any atom is 0.234 e. The van der Waals surface area contributed by atoms with E-state index in [-0.39, 0.29) is 11.9 Å². The Kier molecular flexibility index (Phi) is 7.61. The van der Waals surface area contributed by atoms with Crippen molar-refractivity contribution >= 4 is 27.5 Å². The predicted octanol–water partition coefficient (Wildman–Crippen LogP) is 3.50. The van der Waals surface area contributed by atoms with E-state index >= 15 is 0 Å². The summed E-state index contributed by atoms with van der Waals surface area (Å²) in [5.41, 5.74) is 1.10. The van der Waals surface area contributed by atoms with Crippen molar-refractivity contribution < 1.29 is 4.79 Å². The van der Waals surface area contributed by atoms with Crippen LogP contribution in [0, 0.1) is 0 Å². The maximum absolute atomic E-state index is 12.3. The van der Waals surface area contributed by atoms with Gasteiger partial charge in [-0.2, -0.15) is 0 Å². The summed E-state index contributed by atoms with van der Waals surface area (Å²) in [4.78, 5) is 21.7. The number of carbonyl (C=O) groups is 1. The average Bonchev–Trinajstić information content (AvgIpc) is 3.05. The summed E-state index contributed by atoms with van der Waals surface area (Å²) in [7, 11) is 0. The quantitative estimate of drug-likeness (QED) is 0.668. The van der Waals surface area contributed by atoms with E-state index in [0.717, 1.165) is 44.7 Å². The highest BCUT2D eigenvalue weighted by molar-refractivity contribution is 7.18. The molecule has 2 heterocycles. The van der Waals surface area contributed by atoms with Gasteiger partial charge < -0.3 is 5.32 Å². The molecular weight excluding hydrogens is 356 g/mol. The molecule has 1 N–H and O–H groups in total. The second kappa shape index (κ2) is 10.2. The number of benzene rings is 1. The van der Waals surface area contributed by atoms with Gasteiger partial charge in [0.2, 0.25) is 5.91 Å². The molecule has 27 heavy (non-hydrogen) atoms. The van der Waals surface area contributed by atoms with Gasteiger partial charge in [0.1, 0.15) is 5.01 Å². The molecule has 148 valence electrons. The van der Waals surface area contributed by atoms with Crippen molar-refractivity contribution in [2.24, 2.45) is 0 Å². The second-order valence-corrected chi connectivity index (χ2v) is 8.71. The molecule has 1 amide bonds. The molecule has 0 bridgehead atoms. The highest BCUT2D eigenvalue weighted by atomic mass is 32.1. The van der Waals surface area contributed by atoms with Crippen LogP contribution < -0.4 is 5.32 Å². The zero-order valence-corrected chi connectivity index (χ0v) is 17.4. The number of para-hydroxylation sites is 1. The summed E-state index contributed by atoms with van der Waals surface area (Å²) in [5, 5.41) is 4.33.